The maximum absolute atomic E-state index is 6.09. The van der Waals surface area contributed by atoms with Crippen LogP contribution in [0.4, 0.5) is 0 Å². The molecule has 17 heavy (non-hydrogen) atoms. The van der Waals surface area contributed by atoms with E-state index in [0.717, 1.165) is 24.8 Å². The second-order valence-corrected chi connectivity index (χ2v) is 6.58. The first-order chi connectivity index (χ1) is 7.99. The van der Waals surface area contributed by atoms with Gasteiger partial charge >= 0.3 is 0 Å². The van der Waals surface area contributed by atoms with E-state index in [9.17, 15) is 0 Å². The van der Waals surface area contributed by atoms with Gasteiger partial charge in [-0.3, -0.25) is 0 Å². The molecule has 0 aromatic rings. The minimum atomic E-state index is 0.365. The molecule has 102 valence electrons. The molecule has 0 aliphatic heterocycles. The molecular formula is C15H32N2. The lowest BCUT2D eigenvalue weighted by molar-refractivity contribution is 0.203. The summed E-state index contributed by atoms with van der Waals surface area (Å²) in [6.45, 7) is 9.25. The summed E-state index contributed by atoms with van der Waals surface area (Å²) in [5.41, 5.74) is 6.09. The number of nitrogens with two attached hydrogens (primary N) is 1. The molecule has 1 rings (SSSR count). The van der Waals surface area contributed by atoms with Gasteiger partial charge in [0.15, 0.2) is 0 Å². The van der Waals surface area contributed by atoms with Crippen molar-refractivity contribution in [1.82, 2.24) is 4.90 Å². The van der Waals surface area contributed by atoms with Crippen molar-refractivity contribution < 1.29 is 0 Å². The third-order valence-corrected chi connectivity index (χ3v) is 4.41. The summed E-state index contributed by atoms with van der Waals surface area (Å²) in [6, 6.07) is 0.365. The third kappa shape index (κ3) is 5.87. The van der Waals surface area contributed by atoms with Crippen molar-refractivity contribution in [3.8, 4) is 0 Å². The van der Waals surface area contributed by atoms with Crippen LogP contribution >= 0.6 is 0 Å². The molecular weight excluding hydrogens is 208 g/mol. The van der Waals surface area contributed by atoms with Gasteiger partial charge in [0.05, 0.1) is 0 Å². The van der Waals surface area contributed by atoms with E-state index in [-0.39, 0.29) is 0 Å². The molecule has 0 aromatic carbocycles. The molecule has 0 bridgehead atoms. The molecule has 1 aliphatic carbocycles. The van der Waals surface area contributed by atoms with E-state index in [0.29, 0.717) is 12.0 Å². The van der Waals surface area contributed by atoms with Crippen LogP contribution in [0.15, 0.2) is 0 Å². The Labute approximate surface area is 108 Å². The lowest BCUT2D eigenvalue weighted by atomic mass is 9.83. The van der Waals surface area contributed by atoms with Crippen molar-refractivity contribution in [2.24, 2.45) is 23.5 Å². The molecule has 0 spiro atoms. The maximum atomic E-state index is 6.09. The molecule has 2 heteroatoms. The van der Waals surface area contributed by atoms with Crippen LogP contribution in [0.1, 0.15) is 52.9 Å². The Morgan fingerprint density at radius 3 is 2.29 bits per heavy atom. The number of rotatable bonds is 6. The highest BCUT2D eigenvalue weighted by molar-refractivity contribution is 4.73. The monoisotopic (exact) mass is 240 g/mol. The smallest absolute Gasteiger partial charge is 0.00740 e. The Morgan fingerprint density at radius 2 is 1.76 bits per heavy atom. The second-order valence-electron chi connectivity index (χ2n) is 6.58. The lowest BCUT2D eigenvalue weighted by Crippen LogP contribution is -2.34. The van der Waals surface area contributed by atoms with Crippen molar-refractivity contribution in [2.45, 2.75) is 58.9 Å². The summed E-state index contributed by atoms with van der Waals surface area (Å²) in [5.74, 6) is 2.51. The number of hydrogen-bond acceptors (Lipinski definition) is 2. The summed E-state index contributed by atoms with van der Waals surface area (Å²) in [6.07, 6.45) is 6.87. The van der Waals surface area contributed by atoms with E-state index >= 15 is 0 Å². The topological polar surface area (TPSA) is 29.3 Å². The van der Waals surface area contributed by atoms with Gasteiger partial charge < -0.3 is 10.6 Å². The zero-order valence-corrected chi connectivity index (χ0v) is 12.3. The van der Waals surface area contributed by atoms with Crippen LogP contribution in [-0.4, -0.2) is 31.1 Å². The van der Waals surface area contributed by atoms with Gasteiger partial charge in [0.25, 0.3) is 0 Å². The Hall–Kier alpha value is -0.0800. The Balaban J connectivity index is 2.14. The van der Waals surface area contributed by atoms with Crippen LogP contribution in [0.5, 0.6) is 0 Å². The fourth-order valence-corrected chi connectivity index (χ4v) is 2.75. The van der Waals surface area contributed by atoms with Crippen LogP contribution < -0.4 is 5.73 Å². The van der Waals surface area contributed by atoms with E-state index < -0.39 is 0 Å². The highest BCUT2D eigenvalue weighted by atomic mass is 15.1. The van der Waals surface area contributed by atoms with Crippen LogP contribution in [0.3, 0.4) is 0 Å². The van der Waals surface area contributed by atoms with Crippen molar-refractivity contribution in [3.63, 3.8) is 0 Å². The molecule has 2 nitrogen and oxygen atoms in total. The van der Waals surface area contributed by atoms with Crippen molar-refractivity contribution in [2.75, 3.05) is 20.1 Å². The van der Waals surface area contributed by atoms with Gasteiger partial charge in [0.2, 0.25) is 0 Å². The zero-order valence-electron chi connectivity index (χ0n) is 12.3. The standard InChI is InChI=1S/C15H32N2/c1-12(2)15(16)9-10-17(4)11-14-7-5-13(3)6-8-14/h12-15H,5-11,16H2,1-4H3. The minimum absolute atomic E-state index is 0.365. The second kappa shape index (κ2) is 7.38. The van der Waals surface area contributed by atoms with Crippen LogP contribution in [-0.2, 0) is 0 Å². The predicted octanol–water partition coefficient (Wildman–Crippen LogP) is 3.12. The quantitative estimate of drug-likeness (QED) is 0.773. The molecule has 1 aliphatic rings. The molecule has 1 saturated carbocycles. The van der Waals surface area contributed by atoms with E-state index in [1.807, 2.05) is 0 Å². The molecule has 1 atom stereocenters. The summed E-state index contributed by atoms with van der Waals surface area (Å²) in [7, 11) is 2.26. The van der Waals surface area contributed by atoms with Crippen LogP contribution in [0.25, 0.3) is 0 Å². The summed E-state index contributed by atoms with van der Waals surface area (Å²) >= 11 is 0. The highest BCUT2D eigenvalue weighted by Crippen LogP contribution is 2.28. The first-order valence-corrected chi connectivity index (χ1v) is 7.43. The molecule has 0 saturated heterocycles. The lowest BCUT2D eigenvalue weighted by Gasteiger charge is -2.30. The fraction of sp³-hybridized carbons (Fsp3) is 1.00. The van der Waals surface area contributed by atoms with E-state index in [1.54, 1.807) is 0 Å². The molecule has 1 unspecified atom stereocenters. The minimum Gasteiger partial charge on any atom is -0.327 e. The number of nitrogens with zero attached hydrogens (tertiary/aromatic N) is 1. The Morgan fingerprint density at radius 1 is 1.18 bits per heavy atom. The average Bonchev–Trinajstić information content (AvgIpc) is 2.29. The van der Waals surface area contributed by atoms with E-state index in [4.69, 9.17) is 5.73 Å². The number of hydrogen-bond donors (Lipinski definition) is 1. The third-order valence-electron chi connectivity index (χ3n) is 4.41. The van der Waals surface area contributed by atoms with Crippen LogP contribution in [0, 0.1) is 17.8 Å². The van der Waals surface area contributed by atoms with Gasteiger partial charge in [-0.1, -0.05) is 33.6 Å². The SMILES string of the molecule is CC1CCC(CN(C)CCC(N)C(C)C)CC1. The van der Waals surface area contributed by atoms with E-state index in [2.05, 4.69) is 32.7 Å². The normalized spacial score (nSPS) is 27.7. The van der Waals surface area contributed by atoms with Crippen LogP contribution in [0.2, 0.25) is 0 Å². The van der Waals surface area contributed by atoms with Gasteiger partial charge in [-0.05, 0) is 50.6 Å². The molecule has 2 N–H and O–H groups in total. The molecule has 0 heterocycles. The van der Waals surface area contributed by atoms with E-state index in [1.165, 1.54) is 32.2 Å². The van der Waals surface area contributed by atoms with Gasteiger partial charge in [-0.25, -0.2) is 0 Å². The Kier molecular flexibility index (Phi) is 6.50. The van der Waals surface area contributed by atoms with Crippen molar-refractivity contribution in [3.05, 3.63) is 0 Å². The van der Waals surface area contributed by atoms with Crippen molar-refractivity contribution in [1.29, 1.82) is 0 Å². The first-order valence-electron chi connectivity index (χ1n) is 7.43. The summed E-state index contributed by atoms with van der Waals surface area (Å²) < 4.78 is 0. The predicted molar refractivity (Wildman–Crippen MR) is 76.0 cm³/mol. The van der Waals surface area contributed by atoms with Gasteiger partial charge in [-0.2, -0.15) is 0 Å². The Bertz CT molecular complexity index is 195. The first kappa shape index (κ1) is 15.0. The highest BCUT2D eigenvalue weighted by Gasteiger charge is 2.19. The van der Waals surface area contributed by atoms with Gasteiger partial charge in [-0.15, -0.1) is 0 Å². The van der Waals surface area contributed by atoms with Gasteiger partial charge in [0.1, 0.15) is 0 Å². The summed E-state index contributed by atoms with van der Waals surface area (Å²) in [5, 5.41) is 0. The molecule has 0 aromatic heterocycles. The van der Waals surface area contributed by atoms with Crippen molar-refractivity contribution >= 4 is 0 Å². The summed E-state index contributed by atoms with van der Waals surface area (Å²) in [4.78, 5) is 2.49. The van der Waals surface area contributed by atoms with Gasteiger partial charge in [0, 0.05) is 12.6 Å². The largest absolute Gasteiger partial charge is 0.327 e. The fourth-order valence-electron chi connectivity index (χ4n) is 2.75. The average molecular weight is 240 g/mol. The zero-order chi connectivity index (χ0) is 12.8. The molecule has 1 fully saturated rings. The maximum Gasteiger partial charge on any atom is 0.00740 e. The molecule has 0 radical (unpaired) electrons. The molecule has 0 amide bonds.